The summed E-state index contributed by atoms with van der Waals surface area (Å²) in [5.74, 6) is -0.707. The molecule has 3 aromatic rings. The lowest BCUT2D eigenvalue weighted by molar-refractivity contribution is -0.385. The molecule has 3 atom stereocenters. The second kappa shape index (κ2) is 12.1. The van der Waals surface area contributed by atoms with E-state index in [-0.39, 0.29) is 28.7 Å². The highest BCUT2D eigenvalue weighted by Gasteiger charge is 2.48. The van der Waals surface area contributed by atoms with Crippen LogP contribution in [0.3, 0.4) is 0 Å². The summed E-state index contributed by atoms with van der Waals surface area (Å²) in [5.41, 5.74) is 2.84. The molecule has 1 amide bonds. The Bertz CT molecular complexity index is 1830. The van der Waals surface area contributed by atoms with Gasteiger partial charge >= 0.3 is 0 Å². The average Bonchev–Trinajstić information content (AvgIpc) is 3.68. The number of amides is 1. The van der Waals surface area contributed by atoms with Gasteiger partial charge in [0.2, 0.25) is 10.0 Å². The van der Waals surface area contributed by atoms with Crippen LogP contribution in [-0.4, -0.2) is 51.8 Å². The van der Waals surface area contributed by atoms with E-state index < -0.39 is 37.9 Å². The van der Waals surface area contributed by atoms with Crippen LogP contribution in [-0.2, 0) is 14.8 Å². The number of benzene rings is 3. The van der Waals surface area contributed by atoms with Gasteiger partial charge in [-0.05, 0) is 91.3 Å². The summed E-state index contributed by atoms with van der Waals surface area (Å²) in [6.07, 6.45) is 4.86. The molecule has 0 spiro atoms. The van der Waals surface area contributed by atoms with Crippen LogP contribution in [0.4, 0.5) is 11.4 Å². The third kappa shape index (κ3) is 5.86. The highest BCUT2D eigenvalue weighted by molar-refractivity contribution is 7.89. The predicted octanol–water partition coefficient (Wildman–Crippen LogP) is 6.13. The van der Waals surface area contributed by atoms with Crippen molar-refractivity contribution in [2.75, 3.05) is 6.54 Å². The van der Waals surface area contributed by atoms with Gasteiger partial charge in [-0.15, -0.1) is 0 Å². The van der Waals surface area contributed by atoms with Crippen LogP contribution in [0.2, 0.25) is 5.02 Å². The second-order valence-electron chi connectivity index (χ2n) is 11.2. The van der Waals surface area contributed by atoms with Crippen molar-refractivity contribution in [2.24, 2.45) is 11.0 Å². The van der Waals surface area contributed by atoms with E-state index in [1.807, 2.05) is 6.08 Å². The first-order valence-corrected chi connectivity index (χ1v) is 16.2. The van der Waals surface area contributed by atoms with Gasteiger partial charge in [0.15, 0.2) is 0 Å². The zero-order chi connectivity index (χ0) is 31.9. The molecule has 12 nitrogen and oxygen atoms in total. The number of nitrogens with zero attached hydrogens (tertiary/aromatic N) is 5. The van der Waals surface area contributed by atoms with Crippen molar-refractivity contribution in [1.29, 1.82) is 0 Å². The Morgan fingerprint density at radius 1 is 0.889 bits per heavy atom. The standard InChI is InChI=1S/C31H28ClN5O7S/c32-23-10-16-26(17-11-23)45(43,44)34-18-2-5-28(34)31(38)35-30(21-8-14-25(15-9-21)37(41)42)27-4-1-3-22(29(27)33-35)19-20-6-12-24(13-7-20)36(39)40/h6-17,19,27-28,30H,1-5,18H2/b22-19-. The fourth-order valence-electron chi connectivity index (χ4n) is 6.37. The summed E-state index contributed by atoms with van der Waals surface area (Å²) in [6, 6.07) is 16.4. The first-order valence-electron chi connectivity index (χ1n) is 14.4. The molecule has 2 fully saturated rings. The molecular weight excluding hydrogens is 622 g/mol. The van der Waals surface area contributed by atoms with E-state index in [9.17, 15) is 33.4 Å². The van der Waals surface area contributed by atoms with Crippen LogP contribution in [0.1, 0.15) is 49.3 Å². The Labute approximate surface area is 263 Å². The molecule has 232 valence electrons. The van der Waals surface area contributed by atoms with Gasteiger partial charge < -0.3 is 0 Å². The molecule has 1 aliphatic carbocycles. The van der Waals surface area contributed by atoms with E-state index >= 15 is 0 Å². The lowest BCUT2D eigenvalue weighted by atomic mass is 9.77. The van der Waals surface area contributed by atoms with Gasteiger partial charge in [0.25, 0.3) is 17.3 Å². The highest BCUT2D eigenvalue weighted by atomic mass is 35.5. The summed E-state index contributed by atoms with van der Waals surface area (Å²) in [7, 11) is -4.02. The van der Waals surface area contributed by atoms with Gasteiger partial charge in [0, 0.05) is 41.8 Å². The number of halogens is 1. The summed E-state index contributed by atoms with van der Waals surface area (Å²) in [4.78, 5) is 35.9. The van der Waals surface area contributed by atoms with Crippen LogP contribution in [0.5, 0.6) is 0 Å². The van der Waals surface area contributed by atoms with Crippen molar-refractivity contribution in [2.45, 2.75) is 49.1 Å². The number of fused-ring (bicyclic) bond motifs is 1. The Morgan fingerprint density at radius 3 is 2.13 bits per heavy atom. The third-order valence-corrected chi connectivity index (χ3v) is 10.7. The van der Waals surface area contributed by atoms with E-state index in [0.29, 0.717) is 42.0 Å². The van der Waals surface area contributed by atoms with Crippen LogP contribution in [0, 0.1) is 26.1 Å². The number of hydrogen-bond acceptors (Lipinski definition) is 8. The minimum atomic E-state index is -4.02. The molecule has 3 unspecified atom stereocenters. The molecule has 45 heavy (non-hydrogen) atoms. The number of rotatable bonds is 7. The third-order valence-electron chi connectivity index (χ3n) is 8.53. The van der Waals surface area contributed by atoms with E-state index in [4.69, 9.17) is 16.7 Å². The molecule has 2 heterocycles. The fourth-order valence-corrected chi connectivity index (χ4v) is 8.15. The number of allylic oxidation sites excluding steroid dienone is 1. The molecule has 0 radical (unpaired) electrons. The van der Waals surface area contributed by atoms with Crippen LogP contribution in [0.15, 0.2) is 88.4 Å². The topological polar surface area (TPSA) is 156 Å². The predicted molar refractivity (Wildman–Crippen MR) is 167 cm³/mol. The average molecular weight is 650 g/mol. The molecule has 1 saturated heterocycles. The number of hydrogen-bond donors (Lipinski definition) is 0. The largest absolute Gasteiger partial charge is 0.271 e. The quantitative estimate of drug-likeness (QED) is 0.220. The molecular formula is C31H28ClN5O7S. The lowest BCUT2D eigenvalue weighted by Crippen LogP contribution is -2.46. The number of sulfonamides is 1. The number of hydrazone groups is 1. The summed E-state index contributed by atoms with van der Waals surface area (Å²) in [5, 5.41) is 29.1. The Kier molecular flexibility index (Phi) is 8.25. The molecule has 0 bridgehead atoms. The maximum absolute atomic E-state index is 14.4. The highest BCUT2D eigenvalue weighted by Crippen LogP contribution is 2.45. The molecule has 1 saturated carbocycles. The van der Waals surface area contributed by atoms with Crippen molar-refractivity contribution in [1.82, 2.24) is 9.31 Å². The van der Waals surface area contributed by atoms with Gasteiger partial charge in [-0.3, -0.25) is 25.0 Å². The number of non-ortho nitro benzene ring substituents is 2. The minimum Gasteiger partial charge on any atom is -0.271 e. The van der Waals surface area contributed by atoms with Gasteiger partial charge in [0.05, 0.1) is 26.5 Å². The van der Waals surface area contributed by atoms with Crippen LogP contribution >= 0.6 is 11.6 Å². The van der Waals surface area contributed by atoms with Crippen molar-refractivity contribution in [3.8, 4) is 0 Å². The van der Waals surface area contributed by atoms with Gasteiger partial charge in [-0.1, -0.05) is 23.7 Å². The molecule has 2 aliphatic heterocycles. The smallest absolute Gasteiger partial charge is 0.269 e. The Balaban J connectivity index is 1.38. The summed E-state index contributed by atoms with van der Waals surface area (Å²) in [6.45, 7) is 0.169. The molecule has 0 aromatic heterocycles. The molecule has 14 heteroatoms. The first-order chi connectivity index (χ1) is 21.5. The number of carbonyl (C=O) groups is 1. The maximum atomic E-state index is 14.4. The zero-order valence-corrected chi connectivity index (χ0v) is 25.4. The van der Waals surface area contributed by atoms with Crippen LogP contribution in [0.25, 0.3) is 6.08 Å². The second-order valence-corrected chi connectivity index (χ2v) is 13.5. The number of carbonyl (C=O) groups excluding carboxylic acids is 1. The number of nitro groups is 2. The van der Waals surface area contributed by atoms with Gasteiger partial charge in [-0.25, -0.2) is 13.4 Å². The van der Waals surface area contributed by atoms with E-state index in [1.54, 1.807) is 24.3 Å². The number of nitro benzene ring substituents is 2. The van der Waals surface area contributed by atoms with Crippen molar-refractivity contribution >= 4 is 50.7 Å². The van der Waals surface area contributed by atoms with Gasteiger partial charge in [-0.2, -0.15) is 9.41 Å². The SMILES string of the molecule is O=C(C1CCCN1S(=O)(=O)c1ccc(Cl)cc1)N1N=C2/C(=C\c3ccc([N+](=O)[O-])cc3)CCCC2C1c1ccc([N+](=O)[O-])cc1. The van der Waals surface area contributed by atoms with Gasteiger partial charge in [0.1, 0.15) is 6.04 Å². The van der Waals surface area contributed by atoms with Crippen molar-refractivity contribution in [3.63, 3.8) is 0 Å². The fraction of sp³-hybridized carbons (Fsp3) is 0.290. The van der Waals surface area contributed by atoms with Crippen molar-refractivity contribution in [3.05, 3.63) is 115 Å². The van der Waals surface area contributed by atoms with Crippen molar-refractivity contribution < 1.29 is 23.1 Å². The van der Waals surface area contributed by atoms with E-state index in [1.165, 1.54) is 57.8 Å². The first kappa shape index (κ1) is 30.6. The molecule has 0 N–H and O–H groups in total. The minimum absolute atomic E-state index is 0.0263. The summed E-state index contributed by atoms with van der Waals surface area (Å²) < 4.78 is 28.5. The Hall–Kier alpha value is -4.46. The van der Waals surface area contributed by atoms with Crippen LogP contribution < -0.4 is 0 Å². The maximum Gasteiger partial charge on any atom is 0.269 e. The normalized spacial score (nSPS) is 22.7. The van der Waals surface area contributed by atoms with E-state index in [0.717, 1.165) is 17.6 Å². The Morgan fingerprint density at radius 2 is 1.51 bits per heavy atom. The molecule has 3 aliphatic rings. The molecule has 3 aromatic carbocycles. The summed E-state index contributed by atoms with van der Waals surface area (Å²) >= 11 is 5.98. The lowest BCUT2D eigenvalue weighted by Gasteiger charge is -2.32. The zero-order valence-electron chi connectivity index (χ0n) is 23.9. The molecule has 6 rings (SSSR count). The monoisotopic (exact) mass is 649 g/mol. The van der Waals surface area contributed by atoms with E-state index in [2.05, 4.69) is 0 Å².